The molecule has 2 amide bonds. The van der Waals surface area contributed by atoms with Crippen molar-refractivity contribution in [2.24, 2.45) is 17.8 Å². The molecule has 5 rings (SSSR count). The van der Waals surface area contributed by atoms with Crippen LogP contribution in [-0.4, -0.2) is 42.1 Å². The zero-order valence-corrected chi connectivity index (χ0v) is 12.5. The van der Waals surface area contributed by atoms with Gasteiger partial charge in [0.25, 0.3) is 0 Å². The van der Waals surface area contributed by atoms with E-state index < -0.39 is 0 Å². The number of piperazine rings is 1. The van der Waals surface area contributed by atoms with E-state index in [2.05, 4.69) is 17.6 Å². The normalized spacial score (nSPS) is 46.5. The summed E-state index contributed by atoms with van der Waals surface area (Å²) < 4.78 is 0. The van der Waals surface area contributed by atoms with Gasteiger partial charge in [0, 0.05) is 31.2 Å². The molecule has 1 saturated heterocycles. The number of nitrogens with zero attached hydrogens (tertiary/aromatic N) is 1. The fraction of sp³-hybridized carbons (Fsp3) is 0.938. The van der Waals surface area contributed by atoms with E-state index in [1.54, 1.807) is 0 Å². The second-order valence-corrected chi connectivity index (χ2v) is 7.87. The molecule has 1 atom stereocenters. The van der Waals surface area contributed by atoms with Crippen molar-refractivity contribution in [3.05, 3.63) is 0 Å². The molecule has 4 bridgehead atoms. The SMILES string of the molecule is CC1CNCCN1C(=O)NC12CC3CC(CC(C3)C1)C2. The topological polar surface area (TPSA) is 44.4 Å². The van der Waals surface area contributed by atoms with Crippen LogP contribution in [0.1, 0.15) is 45.4 Å². The quantitative estimate of drug-likeness (QED) is 0.769. The fourth-order valence-electron chi connectivity index (χ4n) is 5.71. The monoisotopic (exact) mass is 277 g/mol. The first kappa shape index (κ1) is 12.9. The highest BCUT2D eigenvalue weighted by Crippen LogP contribution is 2.55. The van der Waals surface area contributed by atoms with Crippen molar-refractivity contribution in [1.29, 1.82) is 0 Å². The predicted octanol–water partition coefficient (Wildman–Crippen LogP) is 1.96. The molecular formula is C16H27N3O. The Morgan fingerprint density at radius 1 is 1.15 bits per heavy atom. The van der Waals surface area contributed by atoms with Gasteiger partial charge in [0.15, 0.2) is 0 Å². The van der Waals surface area contributed by atoms with E-state index in [0.717, 1.165) is 37.4 Å². The van der Waals surface area contributed by atoms with Gasteiger partial charge in [-0.05, 0) is 63.2 Å². The Kier molecular flexibility index (Phi) is 2.99. The number of amides is 2. The second-order valence-electron chi connectivity index (χ2n) is 7.87. The fourth-order valence-corrected chi connectivity index (χ4v) is 5.71. The molecule has 2 N–H and O–H groups in total. The Morgan fingerprint density at radius 2 is 1.75 bits per heavy atom. The van der Waals surface area contributed by atoms with Crippen LogP contribution in [0.5, 0.6) is 0 Å². The summed E-state index contributed by atoms with van der Waals surface area (Å²) in [6.45, 7) is 4.84. The van der Waals surface area contributed by atoms with E-state index >= 15 is 0 Å². The van der Waals surface area contributed by atoms with Crippen molar-refractivity contribution in [2.45, 2.75) is 57.0 Å². The highest BCUT2D eigenvalue weighted by atomic mass is 16.2. The summed E-state index contributed by atoms with van der Waals surface area (Å²) >= 11 is 0. The van der Waals surface area contributed by atoms with Crippen LogP contribution in [-0.2, 0) is 0 Å². The minimum atomic E-state index is 0.149. The van der Waals surface area contributed by atoms with Crippen molar-refractivity contribution >= 4 is 6.03 Å². The average molecular weight is 277 g/mol. The minimum absolute atomic E-state index is 0.149. The van der Waals surface area contributed by atoms with Crippen molar-refractivity contribution in [3.63, 3.8) is 0 Å². The average Bonchev–Trinajstić information content (AvgIpc) is 2.36. The van der Waals surface area contributed by atoms with Gasteiger partial charge in [0.1, 0.15) is 0 Å². The molecule has 4 aliphatic carbocycles. The third kappa shape index (κ3) is 2.12. The standard InChI is InChI=1S/C16H27N3O/c1-11-10-17-2-3-19(11)15(20)18-16-7-12-4-13(8-16)6-14(5-12)9-16/h11-14,17H,2-10H2,1H3,(H,18,20). The van der Waals surface area contributed by atoms with Crippen LogP contribution in [0.4, 0.5) is 4.79 Å². The number of nitrogens with one attached hydrogen (secondary N) is 2. The summed E-state index contributed by atoms with van der Waals surface area (Å²) in [5.41, 5.74) is 0.149. The highest BCUT2D eigenvalue weighted by Gasteiger charge is 2.51. The molecule has 0 aromatic heterocycles. The van der Waals surface area contributed by atoms with E-state index in [4.69, 9.17) is 0 Å². The van der Waals surface area contributed by atoms with Crippen molar-refractivity contribution in [1.82, 2.24) is 15.5 Å². The Morgan fingerprint density at radius 3 is 2.30 bits per heavy atom. The molecular weight excluding hydrogens is 250 g/mol. The number of urea groups is 1. The number of hydrogen-bond donors (Lipinski definition) is 2. The van der Waals surface area contributed by atoms with Gasteiger partial charge in [-0.2, -0.15) is 0 Å². The molecule has 1 unspecified atom stereocenters. The van der Waals surface area contributed by atoms with Gasteiger partial charge in [0.05, 0.1) is 0 Å². The molecule has 4 nitrogen and oxygen atoms in total. The summed E-state index contributed by atoms with van der Waals surface area (Å²) in [5, 5.41) is 6.84. The highest BCUT2D eigenvalue weighted by molar-refractivity contribution is 5.75. The van der Waals surface area contributed by atoms with Crippen LogP contribution in [0.3, 0.4) is 0 Å². The lowest BCUT2D eigenvalue weighted by atomic mass is 9.53. The lowest BCUT2D eigenvalue weighted by Gasteiger charge is -2.57. The molecule has 4 heteroatoms. The summed E-state index contributed by atoms with van der Waals surface area (Å²) in [6, 6.07) is 0.513. The maximum Gasteiger partial charge on any atom is 0.318 e. The lowest BCUT2D eigenvalue weighted by molar-refractivity contribution is -0.0165. The van der Waals surface area contributed by atoms with Crippen LogP contribution < -0.4 is 10.6 Å². The largest absolute Gasteiger partial charge is 0.333 e. The zero-order valence-electron chi connectivity index (χ0n) is 12.5. The van der Waals surface area contributed by atoms with Gasteiger partial charge in [-0.1, -0.05) is 0 Å². The Bertz CT molecular complexity index is 373. The molecule has 1 aliphatic heterocycles. The van der Waals surface area contributed by atoms with E-state index in [1.807, 2.05) is 4.90 Å². The molecule has 5 fully saturated rings. The minimum Gasteiger partial charge on any atom is -0.333 e. The molecule has 0 aromatic carbocycles. The lowest BCUT2D eigenvalue weighted by Crippen LogP contribution is -2.64. The Hall–Kier alpha value is -0.770. The Balaban J connectivity index is 1.47. The van der Waals surface area contributed by atoms with E-state index in [-0.39, 0.29) is 11.6 Å². The molecule has 0 aromatic rings. The molecule has 112 valence electrons. The predicted molar refractivity (Wildman–Crippen MR) is 78.5 cm³/mol. The van der Waals surface area contributed by atoms with Crippen LogP contribution in [0.15, 0.2) is 0 Å². The number of carbonyl (C=O) groups excluding carboxylic acids is 1. The van der Waals surface area contributed by atoms with E-state index in [0.29, 0.717) is 6.04 Å². The number of rotatable bonds is 1. The molecule has 1 heterocycles. The van der Waals surface area contributed by atoms with Gasteiger partial charge in [-0.3, -0.25) is 0 Å². The van der Waals surface area contributed by atoms with Crippen LogP contribution in [0.2, 0.25) is 0 Å². The smallest absolute Gasteiger partial charge is 0.318 e. The zero-order chi connectivity index (χ0) is 13.7. The van der Waals surface area contributed by atoms with Crippen LogP contribution >= 0.6 is 0 Å². The molecule has 0 spiro atoms. The second kappa shape index (κ2) is 4.62. The first-order valence-corrected chi connectivity index (χ1v) is 8.43. The van der Waals surface area contributed by atoms with Crippen molar-refractivity contribution in [3.8, 4) is 0 Å². The molecule has 0 radical (unpaired) electrons. The number of carbonyl (C=O) groups is 1. The van der Waals surface area contributed by atoms with Crippen molar-refractivity contribution < 1.29 is 4.79 Å². The van der Waals surface area contributed by atoms with Crippen LogP contribution in [0, 0.1) is 17.8 Å². The summed E-state index contributed by atoms with van der Waals surface area (Å²) in [7, 11) is 0. The number of hydrogen-bond acceptors (Lipinski definition) is 2. The third-order valence-corrected chi connectivity index (χ3v) is 6.17. The van der Waals surface area contributed by atoms with Crippen LogP contribution in [0.25, 0.3) is 0 Å². The van der Waals surface area contributed by atoms with E-state index in [1.165, 1.54) is 38.5 Å². The Labute approximate surface area is 121 Å². The van der Waals surface area contributed by atoms with Gasteiger partial charge in [-0.25, -0.2) is 4.79 Å². The molecule has 20 heavy (non-hydrogen) atoms. The first-order valence-electron chi connectivity index (χ1n) is 8.43. The van der Waals surface area contributed by atoms with Crippen molar-refractivity contribution in [2.75, 3.05) is 19.6 Å². The summed E-state index contributed by atoms with van der Waals surface area (Å²) in [4.78, 5) is 14.7. The van der Waals surface area contributed by atoms with Gasteiger partial charge < -0.3 is 15.5 Å². The molecule has 5 aliphatic rings. The first-order chi connectivity index (χ1) is 9.63. The summed E-state index contributed by atoms with van der Waals surface area (Å²) in [5.74, 6) is 2.67. The molecule has 4 saturated carbocycles. The summed E-state index contributed by atoms with van der Waals surface area (Å²) in [6.07, 6.45) is 8.01. The third-order valence-electron chi connectivity index (χ3n) is 6.17. The van der Waals surface area contributed by atoms with Gasteiger partial charge in [0.2, 0.25) is 0 Å². The van der Waals surface area contributed by atoms with Gasteiger partial charge >= 0.3 is 6.03 Å². The van der Waals surface area contributed by atoms with Gasteiger partial charge in [-0.15, -0.1) is 0 Å². The maximum absolute atomic E-state index is 12.7. The van der Waals surface area contributed by atoms with E-state index in [9.17, 15) is 4.79 Å². The maximum atomic E-state index is 12.7.